The Bertz CT molecular complexity index is 376. The molecule has 2 atom stereocenters. The summed E-state index contributed by atoms with van der Waals surface area (Å²) in [6.07, 6.45) is 2.36. The normalized spacial score (nSPS) is 14.2. The van der Waals surface area contributed by atoms with Gasteiger partial charge < -0.3 is 11.1 Å². The first-order valence-electron chi connectivity index (χ1n) is 6.56. The van der Waals surface area contributed by atoms with E-state index in [1.54, 1.807) is 11.3 Å². The zero-order chi connectivity index (χ0) is 13.5. The van der Waals surface area contributed by atoms with Crippen LogP contribution in [0.15, 0.2) is 12.1 Å². The van der Waals surface area contributed by atoms with E-state index in [4.69, 9.17) is 5.73 Å². The maximum absolute atomic E-state index is 11.7. The van der Waals surface area contributed by atoms with Crippen LogP contribution in [0.4, 0.5) is 0 Å². The fraction of sp³-hybridized carbons (Fsp3) is 0.643. The van der Waals surface area contributed by atoms with Crippen LogP contribution in [-0.2, 0) is 11.2 Å². The Morgan fingerprint density at radius 2 is 2.17 bits per heavy atom. The van der Waals surface area contributed by atoms with Gasteiger partial charge in [0.05, 0.1) is 0 Å². The molecule has 1 amide bonds. The molecule has 4 heteroatoms. The summed E-state index contributed by atoms with van der Waals surface area (Å²) < 4.78 is 0. The predicted octanol–water partition coefficient (Wildman–Crippen LogP) is 2.48. The van der Waals surface area contributed by atoms with Gasteiger partial charge in [-0.05, 0) is 44.9 Å². The molecule has 0 aliphatic heterocycles. The second kappa shape index (κ2) is 7.54. The van der Waals surface area contributed by atoms with Crippen molar-refractivity contribution in [1.29, 1.82) is 0 Å². The maximum Gasteiger partial charge on any atom is 0.220 e. The van der Waals surface area contributed by atoms with Gasteiger partial charge in [0.25, 0.3) is 0 Å². The van der Waals surface area contributed by atoms with E-state index in [0.717, 1.165) is 12.8 Å². The van der Waals surface area contributed by atoms with Gasteiger partial charge >= 0.3 is 0 Å². The van der Waals surface area contributed by atoms with Crippen LogP contribution in [0.3, 0.4) is 0 Å². The molecule has 1 rings (SSSR count). The van der Waals surface area contributed by atoms with E-state index in [-0.39, 0.29) is 11.9 Å². The largest absolute Gasteiger partial charge is 0.353 e. The topological polar surface area (TPSA) is 55.1 Å². The zero-order valence-corrected chi connectivity index (χ0v) is 12.3. The number of hydrogen-bond acceptors (Lipinski definition) is 3. The van der Waals surface area contributed by atoms with E-state index < -0.39 is 0 Å². The van der Waals surface area contributed by atoms with Crippen LogP contribution in [0.5, 0.6) is 0 Å². The van der Waals surface area contributed by atoms with Gasteiger partial charge in [-0.15, -0.1) is 11.3 Å². The fourth-order valence-corrected chi connectivity index (χ4v) is 2.81. The lowest BCUT2D eigenvalue weighted by Crippen LogP contribution is -2.34. The highest BCUT2D eigenvalue weighted by molar-refractivity contribution is 7.11. The number of nitrogens with one attached hydrogen (secondary N) is 1. The third kappa shape index (κ3) is 5.65. The molecule has 3 N–H and O–H groups in total. The number of hydrogen-bond donors (Lipinski definition) is 2. The molecule has 0 radical (unpaired) electrons. The zero-order valence-electron chi connectivity index (χ0n) is 11.5. The van der Waals surface area contributed by atoms with Crippen molar-refractivity contribution in [2.75, 3.05) is 6.54 Å². The molecule has 0 bridgehead atoms. The molecule has 0 spiro atoms. The minimum absolute atomic E-state index is 0.135. The van der Waals surface area contributed by atoms with Crippen molar-refractivity contribution < 1.29 is 4.79 Å². The van der Waals surface area contributed by atoms with Gasteiger partial charge in [0.15, 0.2) is 0 Å². The number of aryl methyl sites for hydroxylation is 1. The van der Waals surface area contributed by atoms with Crippen LogP contribution in [0.25, 0.3) is 0 Å². The van der Waals surface area contributed by atoms with E-state index in [0.29, 0.717) is 18.9 Å². The van der Waals surface area contributed by atoms with Crippen molar-refractivity contribution in [3.05, 3.63) is 21.9 Å². The van der Waals surface area contributed by atoms with Gasteiger partial charge in [0.1, 0.15) is 0 Å². The number of thiophene rings is 1. The minimum Gasteiger partial charge on any atom is -0.353 e. The average Bonchev–Trinajstić information content (AvgIpc) is 2.71. The summed E-state index contributed by atoms with van der Waals surface area (Å²) in [6, 6.07) is 4.46. The molecular formula is C14H24N2OS. The first-order valence-corrected chi connectivity index (χ1v) is 7.37. The van der Waals surface area contributed by atoms with E-state index in [1.807, 2.05) is 0 Å². The van der Waals surface area contributed by atoms with Crippen LogP contribution < -0.4 is 11.1 Å². The van der Waals surface area contributed by atoms with Gasteiger partial charge in [-0.25, -0.2) is 0 Å². The number of rotatable bonds is 7. The molecular weight excluding hydrogens is 244 g/mol. The SMILES string of the molecule is Cc1ccc(CC(C)NC(=O)CCC(C)CN)s1. The average molecular weight is 268 g/mol. The van der Waals surface area contributed by atoms with Crippen molar-refractivity contribution in [2.24, 2.45) is 11.7 Å². The van der Waals surface area contributed by atoms with Crippen molar-refractivity contribution in [2.45, 2.75) is 46.1 Å². The lowest BCUT2D eigenvalue weighted by Gasteiger charge is -2.14. The molecule has 0 aliphatic rings. The number of amides is 1. The lowest BCUT2D eigenvalue weighted by atomic mass is 10.1. The molecule has 0 saturated heterocycles. The molecule has 1 aromatic rings. The molecule has 0 aromatic carbocycles. The molecule has 1 aromatic heterocycles. The second-order valence-corrected chi connectivity index (χ2v) is 6.44. The third-order valence-corrected chi connectivity index (χ3v) is 4.00. The van der Waals surface area contributed by atoms with Crippen molar-refractivity contribution >= 4 is 17.2 Å². The third-order valence-electron chi connectivity index (χ3n) is 2.98. The Morgan fingerprint density at radius 3 is 2.72 bits per heavy atom. The van der Waals surface area contributed by atoms with E-state index >= 15 is 0 Å². The minimum atomic E-state index is 0.135. The van der Waals surface area contributed by atoms with Crippen molar-refractivity contribution in [1.82, 2.24) is 5.32 Å². The van der Waals surface area contributed by atoms with Crippen LogP contribution in [0, 0.1) is 12.8 Å². The Labute approximate surface area is 114 Å². The predicted molar refractivity (Wildman–Crippen MR) is 77.8 cm³/mol. The highest BCUT2D eigenvalue weighted by Gasteiger charge is 2.10. The highest BCUT2D eigenvalue weighted by Crippen LogP contribution is 2.16. The summed E-state index contributed by atoms with van der Waals surface area (Å²) in [5, 5.41) is 3.04. The monoisotopic (exact) mass is 268 g/mol. The Hall–Kier alpha value is -0.870. The standard InChI is InChI=1S/C14H24N2OS/c1-10(9-15)4-7-14(17)16-11(2)8-13-6-5-12(3)18-13/h5-6,10-11H,4,7-9,15H2,1-3H3,(H,16,17). The summed E-state index contributed by atoms with van der Waals surface area (Å²) in [5.41, 5.74) is 5.53. The number of nitrogens with two attached hydrogens (primary N) is 1. The van der Waals surface area contributed by atoms with E-state index in [2.05, 4.69) is 38.2 Å². The van der Waals surface area contributed by atoms with Gasteiger partial charge in [0, 0.05) is 28.6 Å². The van der Waals surface area contributed by atoms with Gasteiger partial charge in [-0.1, -0.05) is 6.92 Å². The van der Waals surface area contributed by atoms with Gasteiger partial charge in [-0.3, -0.25) is 4.79 Å². The molecule has 18 heavy (non-hydrogen) atoms. The molecule has 1 heterocycles. The van der Waals surface area contributed by atoms with Crippen LogP contribution in [0.2, 0.25) is 0 Å². The fourth-order valence-electron chi connectivity index (χ4n) is 1.79. The summed E-state index contributed by atoms with van der Waals surface area (Å²) in [4.78, 5) is 14.4. The Balaban J connectivity index is 2.27. The molecule has 102 valence electrons. The maximum atomic E-state index is 11.7. The first kappa shape index (κ1) is 15.2. The number of carbonyl (C=O) groups is 1. The number of carbonyl (C=O) groups excluding carboxylic acids is 1. The van der Waals surface area contributed by atoms with E-state index in [1.165, 1.54) is 9.75 Å². The molecule has 0 fully saturated rings. The quantitative estimate of drug-likeness (QED) is 0.798. The van der Waals surface area contributed by atoms with Crippen LogP contribution in [0.1, 0.15) is 36.4 Å². The highest BCUT2D eigenvalue weighted by atomic mass is 32.1. The molecule has 0 aliphatic carbocycles. The summed E-state index contributed by atoms with van der Waals surface area (Å²) in [6.45, 7) is 6.88. The van der Waals surface area contributed by atoms with Crippen LogP contribution in [-0.4, -0.2) is 18.5 Å². The molecule has 3 nitrogen and oxygen atoms in total. The van der Waals surface area contributed by atoms with Gasteiger partial charge in [0.2, 0.25) is 5.91 Å². The van der Waals surface area contributed by atoms with Crippen LogP contribution >= 0.6 is 11.3 Å². The Morgan fingerprint density at radius 1 is 1.44 bits per heavy atom. The molecule has 2 unspecified atom stereocenters. The smallest absolute Gasteiger partial charge is 0.220 e. The summed E-state index contributed by atoms with van der Waals surface area (Å²) in [7, 11) is 0. The van der Waals surface area contributed by atoms with E-state index in [9.17, 15) is 4.79 Å². The first-order chi connectivity index (χ1) is 8.51. The van der Waals surface area contributed by atoms with Crippen molar-refractivity contribution in [3.63, 3.8) is 0 Å². The molecule has 0 saturated carbocycles. The van der Waals surface area contributed by atoms with Gasteiger partial charge in [-0.2, -0.15) is 0 Å². The Kier molecular flexibility index (Phi) is 6.36. The summed E-state index contributed by atoms with van der Waals surface area (Å²) in [5.74, 6) is 0.557. The lowest BCUT2D eigenvalue weighted by molar-refractivity contribution is -0.121. The van der Waals surface area contributed by atoms with Crippen molar-refractivity contribution in [3.8, 4) is 0 Å². The second-order valence-electron chi connectivity index (χ2n) is 5.06. The summed E-state index contributed by atoms with van der Waals surface area (Å²) >= 11 is 1.80.